The summed E-state index contributed by atoms with van der Waals surface area (Å²) in [5, 5.41) is 8.53. The molecule has 3 nitrogen and oxygen atoms in total. The zero-order chi connectivity index (χ0) is 8.27. The van der Waals surface area contributed by atoms with Crippen LogP contribution in [-0.4, -0.2) is 35.6 Å². The Hall–Kier alpha value is -0.570. The predicted molar refractivity (Wildman–Crippen MR) is 42.1 cm³/mol. The van der Waals surface area contributed by atoms with Crippen molar-refractivity contribution in [1.29, 1.82) is 0 Å². The largest absolute Gasteiger partial charge is 0.396 e. The zero-order valence-corrected chi connectivity index (χ0v) is 6.92. The molecule has 11 heavy (non-hydrogen) atoms. The van der Waals surface area contributed by atoms with Gasteiger partial charge in [-0.25, -0.2) is 0 Å². The summed E-state index contributed by atoms with van der Waals surface area (Å²) >= 11 is 0. The standard InChI is InChI=1S/C8H15NO2/c1-7(11)9-5-8(6-9)3-2-4-10/h8,10H,2-6H2,1H3. The fourth-order valence-electron chi connectivity index (χ4n) is 1.39. The van der Waals surface area contributed by atoms with Crippen LogP contribution in [0.3, 0.4) is 0 Å². The van der Waals surface area contributed by atoms with Gasteiger partial charge in [-0.15, -0.1) is 0 Å². The Kier molecular flexibility index (Phi) is 2.88. The van der Waals surface area contributed by atoms with E-state index in [0.29, 0.717) is 5.92 Å². The summed E-state index contributed by atoms with van der Waals surface area (Å²) < 4.78 is 0. The van der Waals surface area contributed by atoms with Gasteiger partial charge in [-0.1, -0.05) is 0 Å². The van der Waals surface area contributed by atoms with Gasteiger partial charge in [0, 0.05) is 26.6 Å². The SMILES string of the molecule is CC(=O)N1CC(CCCO)C1. The molecule has 0 saturated carbocycles. The number of rotatable bonds is 3. The number of nitrogens with zero attached hydrogens (tertiary/aromatic N) is 1. The molecule has 0 aliphatic carbocycles. The van der Waals surface area contributed by atoms with Gasteiger partial charge in [0.25, 0.3) is 0 Å². The Labute approximate surface area is 67.0 Å². The first-order valence-corrected chi connectivity index (χ1v) is 4.10. The molecule has 1 rings (SSSR count). The Balaban J connectivity index is 2.05. The van der Waals surface area contributed by atoms with E-state index in [1.54, 1.807) is 6.92 Å². The lowest BCUT2D eigenvalue weighted by molar-refractivity contribution is -0.135. The van der Waals surface area contributed by atoms with E-state index in [4.69, 9.17) is 5.11 Å². The Morgan fingerprint density at radius 3 is 2.73 bits per heavy atom. The number of aliphatic hydroxyl groups excluding tert-OH is 1. The molecule has 1 aliphatic rings. The topological polar surface area (TPSA) is 40.5 Å². The van der Waals surface area contributed by atoms with Crippen LogP contribution in [0.2, 0.25) is 0 Å². The van der Waals surface area contributed by atoms with Crippen molar-refractivity contribution in [2.45, 2.75) is 19.8 Å². The van der Waals surface area contributed by atoms with E-state index in [0.717, 1.165) is 25.9 Å². The highest BCUT2D eigenvalue weighted by molar-refractivity contribution is 5.74. The van der Waals surface area contributed by atoms with Gasteiger partial charge >= 0.3 is 0 Å². The maximum Gasteiger partial charge on any atom is 0.219 e. The minimum absolute atomic E-state index is 0.172. The smallest absolute Gasteiger partial charge is 0.219 e. The quantitative estimate of drug-likeness (QED) is 0.637. The minimum Gasteiger partial charge on any atom is -0.396 e. The van der Waals surface area contributed by atoms with Crippen molar-refractivity contribution in [1.82, 2.24) is 4.90 Å². The van der Waals surface area contributed by atoms with E-state index in [9.17, 15) is 4.79 Å². The van der Waals surface area contributed by atoms with Crippen LogP contribution in [-0.2, 0) is 4.79 Å². The van der Waals surface area contributed by atoms with Gasteiger partial charge in [-0.2, -0.15) is 0 Å². The lowest BCUT2D eigenvalue weighted by atomic mass is 9.95. The summed E-state index contributed by atoms with van der Waals surface area (Å²) in [6, 6.07) is 0. The number of carbonyl (C=O) groups excluding carboxylic acids is 1. The highest BCUT2D eigenvalue weighted by Crippen LogP contribution is 2.19. The number of amides is 1. The fourth-order valence-corrected chi connectivity index (χ4v) is 1.39. The third-order valence-corrected chi connectivity index (χ3v) is 2.17. The lowest BCUT2D eigenvalue weighted by Gasteiger charge is -2.38. The summed E-state index contributed by atoms with van der Waals surface area (Å²) in [7, 11) is 0. The molecule has 1 heterocycles. The van der Waals surface area contributed by atoms with E-state index in [-0.39, 0.29) is 12.5 Å². The Morgan fingerprint density at radius 2 is 2.27 bits per heavy atom. The highest BCUT2D eigenvalue weighted by Gasteiger charge is 2.27. The fraction of sp³-hybridized carbons (Fsp3) is 0.875. The predicted octanol–water partition coefficient (Wildman–Crippen LogP) is 0.237. The molecular weight excluding hydrogens is 142 g/mol. The second kappa shape index (κ2) is 3.72. The molecule has 3 heteroatoms. The maximum absolute atomic E-state index is 10.7. The third kappa shape index (κ3) is 2.19. The number of likely N-dealkylation sites (tertiary alicyclic amines) is 1. The number of hydrogen-bond donors (Lipinski definition) is 1. The molecule has 0 radical (unpaired) electrons. The summed E-state index contributed by atoms with van der Waals surface area (Å²) in [6.45, 7) is 3.67. The normalized spacial score (nSPS) is 18.2. The monoisotopic (exact) mass is 157 g/mol. The second-order valence-corrected chi connectivity index (χ2v) is 3.16. The molecule has 1 saturated heterocycles. The van der Waals surface area contributed by atoms with E-state index < -0.39 is 0 Å². The van der Waals surface area contributed by atoms with Crippen molar-refractivity contribution in [2.24, 2.45) is 5.92 Å². The van der Waals surface area contributed by atoms with Crippen molar-refractivity contribution in [3.63, 3.8) is 0 Å². The van der Waals surface area contributed by atoms with Crippen LogP contribution < -0.4 is 0 Å². The van der Waals surface area contributed by atoms with Gasteiger partial charge in [0.05, 0.1) is 0 Å². The maximum atomic E-state index is 10.7. The van der Waals surface area contributed by atoms with Gasteiger partial charge in [-0.05, 0) is 18.8 Å². The van der Waals surface area contributed by atoms with Crippen molar-refractivity contribution in [3.8, 4) is 0 Å². The highest BCUT2D eigenvalue weighted by atomic mass is 16.2. The van der Waals surface area contributed by atoms with Crippen LogP contribution in [0.25, 0.3) is 0 Å². The van der Waals surface area contributed by atoms with Crippen molar-refractivity contribution in [3.05, 3.63) is 0 Å². The number of carbonyl (C=O) groups is 1. The van der Waals surface area contributed by atoms with Gasteiger partial charge in [0.1, 0.15) is 0 Å². The molecule has 0 aromatic rings. The van der Waals surface area contributed by atoms with Crippen LogP contribution in [0.15, 0.2) is 0 Å². The first-order chi connectivity index (χ1) is 5.24. The van der Waals surface area contributed by atoms with E-state index in [1.165, 1.54) is 0 Å². The summed E-state index contributed by atoms with van der Waals surface area (Å²) in [6.07, 6.45) is 1.93. The molecule has 0 aromatic heterocycles. The van der Waals surface area contributed by atoms with Gasteiger partial charge in [0.15, 0.2) is 0 Å². The first-order valence-electron chi connectivity index (χ1n) is 4.10. The summed E-state index contributed by atoms with van der Waals surface area (Å²) in [4.78, 5) is 12.6. The van der Waals surface area contributed by atoms with E-state index >= 15 is 0 Å². The molecule has 1 amide bonds. The molecule has 1 fully saturated rings. The summed E-state index contributed by atoms with van der Waals surface area (Å²) in [5.74, 6) is 0.816. The molecule has 0 aromatic carbocycles. The van der Waals surface area contributed by atoms with Crippen LogP contribution in [0.1, 0.15) is 19.8 Å². The van der Waals surface area contributed by atoms with Gasteiger partial charge in [0.2, 0.25) is 5.91 Å². The van der Waals surface area contributed by atoms with E-state index in [1.807, 2.05) is 4.90 Å². The Morgan fingerprint density at radius 1 is 1.64 bits per heavy atom. The molecule has 64 valence electrons. The number of hydrogen-bond acceptors (Lipinski definition) is 2. The van der Waals surface area contributed by atoms with Gasteiger partial charge < -0.3 is 10.0 Å². The van der Waals surface area contributed by atoms with Crippen molar-refractivity contribution >= 4 is 5.91 Å². The second-order valence-electron chi connectivity index (χ2n) is 3.16. The third-order valence-electron chi connectivity index (χ3n) is 2.17. The minimum atomic E-state index is 0.172. The van der Waals surface area contributed by atoms with Gasteiger partial charge in [-0.3, -0.25) is 4.79 Å². The van der Waals surface area contributed by atoms with Crippen LogP contribution >= 0.6 is 0 Å². The number of aliphatic hydroxyl groups is 1. The molecule has 1 aliphatic heterocycles. The van der Waals surface area contributed by atoms with Crippen molar-refractivity contribution < 1.29 is 9.90 Å². The molecule has 1 N–H and O–H groups in total. The first kappa shape index (κ1) is 8.53. The average Bonchev–Trinajstić information content (AvgIpc) is 1.84. The Bertz CT molecular complexity index is 141. The molecule has 0 bridgehead atoms. The van der Waals surface area contributed by atoms with Crippen LogP contribution in [0.4, 0.5) is 0 Å². The average molecular weight is 157 g/mol. The molecule has 0 spiro atoms. The van der Waals surface area contributed by atoms with E-state index in [2.05, 4.69) is 0 Å². The van der Waals surface area contributed by atoms with Crippen molar-refractivity contribution in [2.75, 3.05) is 19.7 Å². The lowest BCUT2D eigenvalue weighted by Crippen LogP contribution is -2.48. The molecule has 0 atom stereocenters. The molecular formula is C8H15NO2. The molecule has 0 unspecified atom stereocenters. The zero-order valence-electron chi connectivity index (χ0n) is 6.92. The summed E-state index contributed by atoms with van der Waals surface area (Å²) in [5.41, 5.74) is 0. The van der Waals surface area contributed by atoms with Crippen LogP contribution in [0.5, 0.6) is 0 Å². The van der Waals surface area contributed by atoms with Crippen LogP contribution in [0, 0.1) is 5.92 Å².